The van der Waals surface area contributed by atoms with Gasteiger partial charge in [0.25, 0.3) is 0 Å². The minimum atomic E-state index is 0.177. The highest BCUT2D eigenvalue weighted by Gasteiger charge is 2.06. The van der Waals surface area contributed by atoms with E-state index in [1.165, 1.54) is 0 Å². The van der Waals surface area contributed by atoms with Crippen molar-refractivity contribution in [3.63, 3.8) is 0 Å². The van der Waals surface area contributed by atoms with Crippen LogP contribution in [0.4, 0.5) is 0 Å². The monoisotopic (exact) mass is 213 g/mol. The summed E-state index contributed by atoms with van der Waals surface area (Å²) in [5, 5.41) is 0. The molecule has 2 N–H and O–H groups in total. The standard InChI is InChI=1S/C10H13ClN2O/c11-13-7-2-1-5-10(14)9-4-3-6-12-8-9/h3-4,6,8,13H,1-2,5,7H2/p+1. The number of aromatic amines is 1. The summed E-state index contributed by atoms with van der Waals surface area (Å²) in [7, 11) is 0. The lowest BCUT2D eigenvalue weighted by molar-refractivity contribution is -0.378. The van der Waals surface area contributed by atoms with Crippen molar-refractivity contribution in [1.82, 2.24) is 4.84 Å². The van der Waals surface area contributed by atoms with Gasteiger partial charge >= 0.3 is 0 Å². The van der Waals surface area contributed by atoms with Crippen LogP contribution in [0.25, 0.3) is 0 Å². The topological polar surface area (TPSA) is 43.2 Å². The van der Waals surface area contributed by atoms with Crippen molar-refractivity contribution in [3.05, 3.63) is 30.1 Å². The predicted molar refractivity (Wildman–Crippen MR) is 55.0 cm³/mol. The van der Waals surface area contributed by atoms with Gasteiger partial charge in [-0.1, -0.05) is 0 Å². The van der Waals surface area contributed by atoms with Crippen LogP contribution in [0, 0.1) is 0 Å². The molecule has 1 aromatic heterocycles. The van der Waals surface area contributed by atoms with Crippen molar-refractivity contribution < 1.29 is 9.78 Å². The lowest BCUT2D eigenvalue weighted by Crippen LogP contribution is -2.07. The molecule has 14 heavy (non-hydrogen) atoms. The Hall–Kier alpha value is -0.930. The fraction of sp³-hybridized carbons (Fsp3) is 0.400. The van der Waals surface area contributed by atoms with Crippen molar-refractivity contribution in [1.29, 1.82) is 0 Å². The van der Waals surface area contributed by atoms with E-state index in [-0.39, 0.29) is 5.78 Å². The van der Waals surface area contributed by atoms with Gasteiger partial charge in [0, 0.05) is 19.0 Å². The molecule has 1 heterocycles. The minimum absolute atomic E-state index is 0.177. The molecule has 4 heteroatoms. The van der Waals surface area contributed by atoms with Crippen molar-refractivity contribution in [2.75, 3.05) is 6.54 Å². The number of aromatic nitrogens is 1. The molecule has 0 atom stereocenters. The van der Waals surface area contributed by atoms with Crippen LogP contribution in [0.5, 0.6) is 0 Å². The van der Waals surface area contributed by atoms with Crippen LogP contribution in [-0.4, -0.2) is 12.3 Å². The molecule has 0 aliphatic carbocycles. The number of carbonyl (C=O) groups is 1. The molecule has 0 aliphatic heterocycles. The van der Waals surface area contributed by atoms with Gasteiger partial charge in [0.2, 0.25) is 0 Å². The Morgan fingerprint density at radius 2 is 2.36 bits per heavy atom. The van der Waals surface area contributed by atoms with Gasteiger partial charge in [-0.2, -0.15) is 0 Å². The second-order valence-electron chi connectivity index (χ2n) is 3.06. The zero-order chi connectivity index (χ0) is 10.2. The molecule has 0 unspecified atom stereocenters. The number of H-pyrrole nitrogens is 1. The lowest BCUT2D eigenvalue weighted by atomic mass is 10.1. The third kappa shape index (κ3) is 3.85. The second-order valence-corrected chi connectivity index (χ2v) is 3.32. The molecule has 3 nitrogen and oxygen atoms in total. The number of hydrogen-bond acceptors (Lipinski definition) is 2. The summed E-state index contributed by atoms with van der Waals surface area (Å²) < 4.78 is 0. The maximum Gasteiger partial charge on any atom is 0.177 e. The van der Waals surface area contributed by atoms with E-state index in [0.717, 1.165) is 24.9 Å². The average Bonchev–Trinajstić information content (AvgIpc) is 2.25. The molecule has 0 saturated carbocycles. The summed E-state index contributed by atoms with van der Waals surface area (Å²) in [6.45, 7) is 0.746. The molecule has 1 rings (SSSR count). The van der Waals surface area contributed by atoms with E-state index >= 15 is 0 Å². The van der Waals surface area contributed by atoms with E-state index in [0.29, 0.717) is 6.42 Å². The van der Waals surface area contributed by atoms with E-state index in [4.69, 9.17) is 11.8 Å². The Morgan fingerprint density at radius 1 is 1.50 bits per heavy atom. The van der Waals surface area contributed by atoms with Crippen LogP contribution in [0.15, 0.2) is 24.5 Å². The number of hydrogen-bond donors (Lipinski definition) is 1. The van der Waals surface area contributed by atoms with Crippen LogP contribution < -0.4 is 9.82 Å². The summed E-state index contributed by atoms with van der Waals surface area (Å²) >= 11 is 5.29. The zero-order valence-electron chi connectivity index (χ0n) is 7.92. The maximum absolute atomic E-state index is 11.5. The van der Waals surface area contributed by atoms with Crippen molar-refractivity contribution >= 4 is 17.6 Å². The van der Waals surface area contributed by atoms with Crippen LogP contribution >= 0.6 is 11.8 Å². The Balaban J connectivity index is 2.29. The van der Waals surface area contributed by atoms with E-state index in [1.807, 2.05) is 12.1 Å². The predicted octanol–water partition coefficient (Wildman–Crippen LogP) is 1.60. The number of rotatable bonds is 6. The number of Topliss-reactive ketones (excluding diaryl/α,β-unsaturated/α-hetero) is 1. The molecule has 0 fully saturated rings. The Kier molecular flexibility index (Phi) is 5.19. The first-order chi connectivity index (χ1) is 6.84. The molecule has 1 aromatic rings. The van der Waals surface area contributed by atoms with Crippen LogP contribution in [0.2, 0.25) is 0 Å². The molecule has 0 amide bonds. The summed E-state index contributed by atoms with van der Waals surface area (Å²) in [6, 6.07) is 3.65. The van der Waals surface area contributed by atoms with Gasteiger partial charge in [-0.25, -0.2) is 9.82 Å². The molecule has 0 bridgehead atoms. The SMILES string of the molecule is O=C(CCCCNCl)c1ccc[nH+]c1. The third-order valence-corrected chi connectivity index (χ3v) is 2.14. The normalized spacial score (nSPS) is 10.1. The van der Waals surface area contributed by atoms with Crippen molar-refractivity contribution in [2.45, 2.75) is 19.3 Å². The quantitative estimate of drug-likeness (QED) is 0.443. The van der Waals surface area contributed by atoms with Gasteiger partial charge in [-0.15, -0.1) is 0 Å². The molecule has 0 aromatic carbocycles. The van der Waals surface area contributed by atoms with Crippen molar-refractivity contribution in [3.8, 4) is 0 Å². The van der Waals surface area contributed by atoms with Gasteiger partial charge in [-0.05, 0) is 30.7 Å². The first-order valence-electron chi connectivity index (χ1n) is 4.67. The molecule has 76 valence electrons. The highest BCUT2D eigenvalue weighted by Crippen LogP contribution is 2.03. The van der Waals surface area contributed by atoms with Crippen LogP contribution in [-0.2, 0) is 0 Å². The summed E-state index contributed by atoms with van der Waals surface area (Å²) in [6.07, 6.45) is 5.88. The molecular formula is C10H14ClN2O+. The van der Waals surface area contributed by atoms with E-state index < -0.39 is 0 Å². The Bertz CT molecular complexity index is 277. The second kappa shape index (κ2) is 6.51. The first-order valence-corrected chi connectivity index (χ1v) is 5.05. The third-order valence-electron chi connectivity index (χ3n) is 1.95. The van der Waals surface area contributed by atoms with Gasteiger partial charge in [-0.3, -0.25) is 4.79 Å². The van der Waals surface area contributed by atoms with Crippen molar-refractivity contribution in [2.24, 2.45) is 0 Å². The Morgan fingerprint density at radius 3 is 3.00 bits per heavy atom. The number of unbranched alkanes of at least 4 members (excludes halogenated alkanes) is 1. The molecule has 0 spiro atoms. The maximum atomic E-state index is 11.5. The Labute approximate surface area is 88.6 Å². The first kappa shape index (κ1) is 11.1. The molecule has 0 radical (unpaired) electrons. The number of nitrogens with one attached hydrogen (secondary N) is 2. The molecule has 0 saturated heterocycles. The number of carbonyl (C=O) groups excluding carboxylic acids is 1. The van der Waals surface area contributed by atoms with E-state index in [1.54, 1.807) is 12.4 Å². The number of pyridine rings is 1. The summed E-state index contributed by atoms with van der Waals surface area (Å²) in [5.74, 6) is 0.177. The fourth-order valence-corrected chi connectivity index (χ4v) is 1.32. The number of halogens is 1. The van der Waals surface area contributed by atoms with E-state index in [2.05, 4.69) is 9.82 Å². The summed E-state index contributed by atoms with van der Waals surface area (Å²) in [5.41, 5.74) is 0.742. The van der Waals surface area contributed by atoms with Gasteiger partial charge in [0.1, 0.15) is 0 Å². The van der Waals surface area contributed by atoms with Crippen LogP contribution in [0.1, 0.15) is 29.6 Å². The van der Waals surface area contributed by atoms with Crippen LogP contribution in [0.3, 0.4) is 0 Å². The largest absolute Gasteiger partial charge is 0.294 e. The van der Waals surface area contributed by atoms with Gasteiger partial charge in [0.05, 0.1) is 5.56 Å². The minimum Gasteiger partial charge on any atom is -0.294 e. The van der Waals surface area contributed by atoms with E-state index in [9.17, 15) is 4.79 Å². The highest BCUT2D eigenvalue weighted by molar-refractivity contribution is 6.13. The summed E-state index contributed by atoms with van der Waals surface area (Å²) in [4.78, 5) is 17.0. The average molecular weight is 214 g/mol. The number of ketones is 1. The fourth-order valence-electron chi connectivity index (χ4n) is 1.19. The molecule has 0 aliphatic rings. The van der Waals surface area contributed by atoms with Gasteiger partial charge < -0.3 is 0 Å². The smallest absolute Gasteiger partial charge is 0.177 e. The lowest BCUT2D eigenvalue weighted by Gasteiger charge is -1.98. The zero-order valence-corrected chi connectivity index (χ0v) is 8.68. The molecular weight excluding hydrogens is 200 g/mol. The van der Waals surface area contributed by atoms with Gasteiger partial charge in [0.15, 0.2) is 18.2 Å². The highest BCUT2D eigenvalue weighted by atomic mass is 35.5.